The van der Waals surface area contributed by atoms with E-state index in [0.717, 1.165) is 27.5 Å². The van der Waals surface area contributed by atoms with E-state index in [1.807, 2.05) is 22.9 Å². The molecule has 2 aromatic heterocycles. The lowest BCUT2D eigenvalue weighted by Gasteiger charge is -2.06. The zero-order chi connectivity index (χ0) is 24.6. The summed E-state index contributed by atoms with van der Waals surface area (Å²) >= 11 is 1.54. The van der Waals surface area contributed by atoms with E-state index < -0.39 is 10.1 Å². The number of fused-ring (bicyclic) bond motifs is 1. The molecule has 2 heterocycles. The zero-order valence-corrected chi connectivity index (χ0v) is 21.5. The van der Waals surface area contributed by atoms with E-state index in [1.165, 1.54) is 33.6 Å². The molecule has 0 fully saturated rings. The number of benzene rings is 3. The van der Waals surface area contributed by atoms with Crippen molar-refractivity contribution in [1.82, 2.24) is 9.38 Å². The summed E-state index contributed by atoms with van der Waals surface area (Å²) in [5, 5.41) is 2.00. The summed E-state index contributed by atoms with van der Waals surface area (Å²) < 4.78 is 32.2. The van der Waals surface area contributed by atoms with Crippen LogP contribution in [0.25, 0.3) is 27.3 Å². The maximum Gasteiger partial charge on any atom is 0.296 e. The van der Waals surface area contributed by atoms with Gasteiger partial charge >= 0.3 is 0 Å². The van der Waals surface area contributed by atoms with E-state index in [9.17, 15) is 8.42 Å². The number of aryl methyl sites for hydroxylation is 3. The Morgan fingerprint density at radius 3 is 2.26 bits per heavy atom. The minimum absolute atomic E-state index is 0.0697. The van der Waals surface area contributed by atoms with Crippen molar-refractivity contribution in [2.45, 2.75) is 32.1 Å². The molecule has 0 spiro atoms. The number of imidazole rings is 1. The molecule has 5 nitrogen and oxygen atoms in total. The minimum Gasteiger partial charge on any atom is -0.294 e. The fraction of sp³-hybridized carbons (Fsp3) is 0.179. The van der Waals surface area contributed by atoms with E-state index in [1.54, 1.807) is 24.3 Å². The van der Waals surface area contributed by atoms with Crippen molar-refractivity contribution in [3.8, 4) is 22.4 Å². The molecule has 0 aliphatic rings. The average Bonchev–Trinajstić information content (AvgIpc) is 3.43. The van der Waals surface area contributed by atoms with Gasteiger partial charge in [0.2, 0.25) is 0 Å². The number of thiazole rings is 1. The molecule has 0 radical (unpaired) electrons. The van der Waals surface area contributed by atoms with Gasteiger partial charge in [0.25, 0.3) is 10.1 Å². The normalized spacial score (nSPS) is 11.9. The first-order valence-corrected chi connectivity index (χ1v) is 13.7. The summed E-state index contributed by atoms with van der Waals surface area (Å²) in [6, 6.07) is 21.6. The Labute approximate surface area is 209 Å². The van der Waals surface area contributed by atoms with Crippen molar-refractivity contribution in [3.63, 3.8) is 0 Å². The second-order valence-corrected chi connectivity index (χ2v) is 11.2. The molecule has 0 N–H and O–H groups in total. The average molecular weight is 503 g/mol. The van der Waals surface area contributed by atoms with Gasteiger partial charge in [0.15, 0.2) is 4.96 Å². The highest BCUT2D eigenvalue weighted by molar-refractivity contribution is 7.86. The number of rotatable bonds is 7. The summed E-state index contributed by atoms with van der Waals surface area (Å²) in [5.41, 5.74) is 8.84. The lowest BCUT2D eigenvalue weighted by molar-refractivity contribution is 0.320. The van der Waals surface area contributed by atoms with Crippen LogP contribution in [0, 0.1) is 20.8 Å². The Bertz CT molecular complexity index is 1600. The number of hydrogen-bond acceptors (Lipinski definition) is 5. The number of aromatic nitrogens is 2. The van der Waals surface area contributed by atoms with Crippen molar-refractivity contribution in [1.29, 1.82) is 0 Å². The van der Waals surface area contributed by atoms with E-state index in [0.29, 0.717) is 6.42 Å². The van der Waals surface area contributed by atoms with Crippen LogP contribution in [0.3, 0.4) is 0 Å². The molecule has 178 valence electrons. The van der Waals surface area contributed by atoms with Crippen LogP contribution in [-0.2, 0) is 20.7 Å². The van der Waals surface area contributed by atoms with Gasteiger partial charge in [0.1, 0.15) is 0 Å². The Hall–Kier alpha value is -3.26. The summed E-state index contributed by atoms with van der Waals surface area (Å²) in [5.74, 6) is 0. The highest BCUT2D eigenvalue weighted by Gasteiger charge is 2.16. The first-order chi connectivity index (χ1) is 16.8. The monoisotopic (exact) mass is 502 g/mol. The minimum atomic E-state index is -3.78. The van der Waals surface area contributed by atoms with Gasteiger partial charge in [-0.15, -0.1) is 11.3 Å². The van der Waals surface area contributed by atoms with Gasteiger partial charge in [-0.3, -0.25) is 8.58 Å². The van der Waals surface area contributed by atoms with Gasteiger partial charge in [-0.25, -0.2) is 4.98 Å². The molecule has 0 saturated heterocycles. The van der Waals surface area contributed by atoms with Gasteiger partial charge in [-0.2, -0.15) is 8.42 Å². The molecule has 7 heteroatoms. The fourth-order valence-corrected chi connectivity index (χ4v) is 5.75. The van der Waals surface area contributed by atoms with Gasteiger partial charge < -0.3 is 0 Å². The van der Waals surface area contributed by atoms with E-state index in [4.69, 9.17) is 9.17 Å². The van der Waals surface area contributed by atoms with E-state index >= 15 is 0 Å². The maximum atomic E-state index is 12.5. The van der Waals surface area contributed by atoms with Gasteiger partial charge in [0, 0.05) is 29.3 Å². The lowest BCUT2D eigenvalue weighted by atomic mass is 9.99. The van der Waals surface area contributed by atoms with Crippen LogP contribution in [0.5, 0.6) is 0 Å². The van der Waals surface area contributed by atoms with Gasteiger partial charge in [-0.05, 0) is 55.2 Å². The molecule has 35 heavy (non-hydrogen) atoms. The van der Waals surface area contributed by atoms with Crippen molar-refractivity contribution in [3.05, 3.63) is 101 Å². The molecule has 5 rings (SSSR count). The Morgan fingerprint density at radius 2 is 1.54 bits per heavy atom. The van der Waals surface area contributed by atoms with Crippen LogP contribution >= 0.6 is 11.3 Å². The largest absolute Gasteiger partial charge is 0.296 e. The molecule has 0 aliphatic carbocycles. The predicted octanol–water partition coefficient (Wildman–Crippen LogP) is 6.60. The van der Waals surface area contributed by atoms with Gasteiger partial charge in [0.05, 0.1) is 17.2 Å². The zero-order valence-electron chi connectivity index (χ0n) is 19.9. The highest BCUT2D eigenvalue weighted by Crippen LogP contribution is 2.28. The second kappa shape index (κ2) is 9.41. The van der Waals surface area contributed by atoms with Gasteiger partial charge in [-0.1, -0.05) is 60.2 Å². The van der Waals surface area contributed by atoms with Crippen LogP contribution in [0.1, 0.15) is 22.4 Å². The van der Waals surface area contributed by atoms with E-state index in [-0.39, 0.29) is 11.5 Å². The molecule has 0 bridgehead atoms. The molecular formula is C28H26N2O3S2. The summed E-state index contributed by atoms with van der Waals surface area (Å²) in [7, 11) is -3.78. The quantitative estimate of drug-likeness (QED) is 0.235. The van der Waals surface area contributed by atoms with Crippen LogP contribution < -0.4 is 0 Å². The Kier molecular flexibility index (Phi) is 6.32. The van der Waals surface area contributed by atoms with Crippen molar-refractivity contribution in [2.24, 2.45) is 0 Å². The number of nitrogens with zero attached hydrogens (tertiary/aromatic N) is 2. The molecular weight excluding hydrogens is 476 g/mol. The first kappa shape index (κ1) is 23.5. The van der Waals surface area contributed by atoms with Crippen LogP contribution in [-0.4, -0.2) is 24.4 Å². The molecule has 0 aliphatic heterocycles. The van der Waals surface area contributed by atoms with Crippen molar-refractivity contribution in [2.75, 3.05) is 6.61 Å². The number of hydrogen-bond donors (Lipinski definition) is 0. The molecule has 0 saturated carbocycles. The maximum absolute atomic E-state index is 12.5. The summed E-state index contributed by atoms with van der Waals surface area (Å²) in [6.45, 7) is 6.24. The fourth-order valence-electron chi connectivity index (χ4n) is 3.93. The second-order valence-electron chi connectivity index (χ2n) is 8.72. The topological polar surface area (TPSA) is 60.7 Å². The van der Waals surface area contributed by atoms with E-state index in [2.05, 4.69) is 56.3 Å². The van der Waals surface area contributed by atoms with Crippen LogP contribution in [0.2, 0.25) is 0 Å². The predicted molar refractivity (Wildman–Crippen MR) is 141 cm³/mol. The Morgan fingerprint density at radius 1 is 0.857 bits per heavy atom. The smallest absolute Gasteiger partial charge is 0.294 e. The third-order valence-corrected chi connectivity index (χ3v) is 8.43. The van der Waals surface area contributed by atoms with Crippen molar-refractivity contribution >= 4 is 26.4 Å². The summed E-state index contributed by atoms with van der Waals surface area (Å²) in [4.78, 5) is 5.81. The molecule has 5 aromatic rings. The van der Waals surface area contributed by atoms with Crippen molar-refractivity contribution < 1.29 is 12.6 Å². The Balaban J connectivity index is 1.30. The highest BCUT2D eigenvalue weighted by atomic mass is 32.2. The lowest BCUT2D eigenvalue weighted by Crippen LogP contribution is -2.09. The molecule has 0 atom stereocenters. The van der Waals surface area contributed by atoms with Crippen LogP contribution in [0.15, 0.2) is 83.2 Å². The first-order valence-electron chi connectivity index (χ1n) is 11.4. The SMILES string of the molecule is Cc1ccc(S(=O)(=O)OCCc2csc3nc(-c4ccc(-c5ccc(C)c(C)c5)cc4)cn23)cc1. The third-order valence-electron chi connectivity index (χ3n) is 6.21. The molecule has 3 aromatic carbocycles. The summed E-state index contributed by atoms with van der Waals surface area (Å²) in [6.07, 6.45) is 2.47. The third kappa shape index (κ3) is 4.93. The standard InChI is InChI=1S/C28H26N2O3S2/c1-19-4-12-26(13-5-19)35(31,32)33-15-14-25-18-34-28-29-27(17-30(25)28)23-10-8-22(9-11-23)24-7-6-20(2)21(3)16-24/h4-13,16-18H,14-15H2,1-3H3. The molecule has 0 unspecified atom stereocenters. The molecule has 0 amide bonds. The van der Waals surface area contributed by atoms with Crippen LogP contribution in [0.4, 0.5) is 0 Å².